The molecule has 0 unspecified atom stereocenters. The minimum Gasteiger partial charge on any atom is -0.436 e. The molecule has 0 saturated heterocycles. The SMILES string of the molecule is CC(=O)Nc1ccc(Cl)cc1-c1nc2cc(Cl)ccc2o1. The molecule has 0 fully saturated rings. The van der Waals surface area contributed by atoms with E-state index in [2.05, 4.69) is 10.3 Å². The zero-order valence-corrected chi connectivity index (χ0v) is 12.5. The van der Waals surface area contributed by atoms with E-state index in [1.54, 1.807) is 36.4 Å². The van der Waals surface area contributed by atoms with Crippen LogP contribution < -0.4 is 5.32 Å². The van der Waals surface area contributed by atoms with Gasteiger partial charge < -0.3 is 9.73 Å². The number of hydrogen-bond donors (Lipinski definition) is 1. The second-order valence-electron chi connectivity index (χ2n) is 4.50. The van der Waals surface area contributed by atoms with Crippen molar-refractivity contribution in [1.82, 2.24) is 4.98 Å². The Balaban J connectivity index is 2.16. The number of carbonyl (C=O) groups is 1. The number of hydrogen-bond acceptors (Lipinski definition) is 3. The molecular weight excluding hydrogens is 311 g/mol. The van der Waals surface area contributed by atoms with Crippen LogP contribution in [0.25, 0.3) is 22.6 Å². The quantitative estimate of drug-likeness (QED) is 0.740. The van der Waals surface area contributed by atoms with Crippen molar-refractivity contribution in [3.63, 3.8) is 0 Å². The van der Waals surface area contributed by atoms with Crippen LogP contribution in [0, 0.1) is 0 Å². The molecule has 3 rings (SSSR count). The Morgan fingerprint density at radius 3 is 2.62 bits per heavy atom. The highest BCUT2D eigenvalue weighted by molar-refractivity contribution is 6.31. The summed E-state index contributed by atoms with van der Waals surface area (Å²) in [5, 5.41) is 3.84. The predicted octanol–water partition coefficient (Wildman–Crippen LogP) is 4.76. The van der Waals surface area contributed by atoms with Crippen molar-refractivity contribution in [3.05, 3.63) is 46.4 Å². The predicted molar refractivity (Wildman–Crippen MR) is 83.8 cm³/mol. The highest BCUT2D eigenvalue weighted by atomic mass is 35.5. The molecule has 1 heterocycles. The van der Waals surface area contributed by atoms with Gasteiger partial charge in [-0.05, 0) is 36.4 Å². The van der Waals surface area contributed by atoms with Crippen LogP contribution >= 0.6 is 23.2 Å². The number of aromatic nitrogens is 1. The van der Waals surface area contributed by atoms with Crippen molar-refractivity contribution >= 4 is 45.9 Å². The lowest BCUT2D eigenvalue weighted by atomic mass is 10.1. The molecule has 0 bridgehead atoms. The molecule has 0 radical (unpaired) electrons. The summed E-state index contributed by atoms with van der Waals surface area (Å²) in [5.74, 6) is 0.191. The molecule has 106 valence electrons. The van der Waals surface area contributed by atoms with Gasteiger partial charge in [0.1, 0.15) is 5.52 Å². The molecule has 0 spiro atoms. The summed E-state index contributed by atoms with van der Waals surface area (Å²) in [7, 11) is 0. The standard InChI is InChI=1S/C15H10Cl2N2O2/c1-8(20)18-12-4-2-9(16)6-11(12)15-19-13-7-10(17)3-5-14(13)21-15/h2-7H,1H3,(H,18,20). The Kier molecular flexibility index (Phi) is 3.57. The van der Waals surface area contributed by atoms with E-state index < -0.39 is 0 Å². The molecule has 0 atom stereocenters. The van der Waals surface area contributed by atoms with Crippen molar-refractivity contribution in [3.8, 4) is 11.5 Å². The first-order chi connectivity index (χ1) is 10.0. The summed E-state index contributed by atoms with van der Waals surface area (Å²) >= 11 is 12.0. The molecule has 2 aromatic carbocycles. The van der Waals surface area contributed by atoms with Gasteiger partial charge in [-0.15, -0.1) is 0 Å². The fraction of sp³-hybridized carbons (Fsp3) is 0.0667. The maximum atomic E-state index is 11.3. The summed E-state index contributed by atoms with van der Waals surface area (Å²) in [5.41, 5.74) is 2.46. The van der Waals surface area contributed by atoms with Gasteiger partial charge in [-0.1, -0.05) is 23.2 Å². The number of amides is 1. The third kappa shape index (κ3) is 2.86. The number of nitrogens with zero attached hydrogens (tertiary/aromatic N) is 1. The number of nitrogens with one attached hydrogen (secondary N) is 1. The number of benzene rings is 2. The van der Waals surface area contributed by atoms with Crippen LogP contribution in [0.3, 0.4) is 0 Å². The zero-order valence-electron chi connectivity index (χ0n) is 11.0. The monoisotopic (exact) mass is 320 g/mol. The number of anilines is 1. The molecule has 1 amide bonds. The van der Waals surface area contributed by atoms with Gasteiger partial charge in [-0.2, -0.15) is 0 Å². The molecule has 4 nitrogen and oxygen atoms in total. The van der Waals surface area contributed by atoms with Gasteiger partial charge in [0.15, 0.2) is 5.58 Å². The summed E-state index contributed by atoms with van der Waals surface area (Å²) in [6.45, 7) is 1.43. The Labute approximate surface area is 130 Å². The van der Waals surface area contributed by atoms with E-state index >= 15 is 0 Å². The van der Waals surface area contributed by atoms with Gasteiger partial charge in [-0.25, -0.2) is 4.98 Å². The molecule has 1 aromatic heterocycles. The van der Waals surface area contributed by atoms with Gasteiger partial charge in [-0.3, -0.25) is 4.79 Å². The Bertz CT molecular complexity index is 843. The maximum Gasteiger partial charge on any atom is 0.229 e. The van der Waals surface area contributed by atoms with E-state index in [1.165, 1.54) is 6.92 Å². The number of fused-ring (bicyclic) bond motifs is 1. The number of rotatable bonds is 2. The summed E-state index contributed by atoms with van der Waals surface area (Å²) in [6.07, 6.45) is 0. The molecule has 0 saturated carbocycles. The van der Waals surface area contributed by atoms with Crippen LogP contribution in [0.2, 0.25) is 10.0 Å². The molecule has 6 heteroatoms. The van der Waals surface area contributed by atoms with Gasteiger partial charge >= 0.3 is 0 Å². The third-order valence-corrected chi connectivity index (χ3v) is 3.34. The van der Waals surface area contributed by atoms with Crippen LogP contribution in [-0.4, -0.2) is 10.9 Å². The average molecular weight is 321 g/mol. The first kappa shape index (κ1) is 13.9. The maximum absolute atomic E-state index is 11.3. The van der Waals surface area contributed by atoms with Crippen molar-refractivity contribution in [2.24, 2.45) is 0 Å². The van der Waals surface area contributed by atoms with E-state index in [9.17, 15) is 4.79 Å². The fourth-order valence-electron chi connectivity index (χ4n) is 2.01. The lowest BCUT2D eigenvalue weighted by Crippen LogP contribution is -2.06. The van der Waals surface area contributed by atoms with Crippen LogP contribution in [0.4, 0.5) is 5.69 Å². The highest BCUT2D eigenvalue weighted by Crippen LogP contribution is 2.33. The summed E-state index contributed by atoms with van der Waals surface area (Å²) in [6, 6.07) is 10.3. The Morgan fingerprint density at radius 1 is 1.14 bits per heavy atom. The lowest BCUT2D eigenvalue weighted by Gasteiger charge is -2.07. The molecular formula is C15H10Cl2N2O2. The Hall–Kier alpha value is -2.04. The normalized spacial score (nSPS) is 10.8. The van der Waals surface area contributed by atoms with Gasteiger partial charge in [0, 0.05) is 17.0 Å². The molecule has 1 N–H and O–H groups in total. The number of halogens is 2. The largest absolute Gasteiger partial charge is 0.436 e. The molecule has 3 aromatic rings. The second kappa shape index (κ2) is 5.39. The van der Waals surface area contributed by atoms with E-state index in [1.807, 2.05) is 0 Å². The van der Waals surface area contributed by atoms with Crippen molar-refractivity contribution < 1.29 is 9.21 Å². The minimum absolute atomic E-state index is 0.183. The van der Waals surface area contributed by atoms with Crippen LogP contribution in [0.15, 0.2) is 40.8 Å². The fourth-order valence-corrected chi connectivity index (χ4v) is 2.35. The van der Waals surface area contributed by atoms with Crippen LogP contribution in [-0.2, 0) is 4.79 Å². The summed E-state index contributed by atoms with van der Waals surface area (Å²) < 4.78 is 5.71. The van der Waals surface area contributed by atoms with Crippen molar-refractivity contribution in [1.29, 1.82) is 0 Å². The van der Waals surface area contributed by atoms with Crippen LogP contribution in [0.1, 0.15) is 6.92 Å². The average Bonchev–Trinajstić information content (AvgIpc) is 2.83. The van der Waals surface area contributed by atoms with Crippen LogP contribution in [0.5, 0.6) is 0 Å². The van der Waals surface area contributed by atoms with E-state index in [-0.39, 0.29) is 5.91 Å². The second-order valence-corrected chi connectivity index (χ2v) is 5.38. The van der Waals surface area contributed by atoms with Crippen molar-refractivity contribution in [2.75, 3.05) is 5.32 Å². The van der Waals surface area contributed by atoms with Gasteiger partial charge in [0.25, 0.3) is 0 Å². The first-order valence-corrected chi connectivity index (χ1v) is 6.92. The number of oxazole rings is 1. The number of carbonyl (C=O) groups excluding carboxylic acids is 1. The molecule has 21 heavy (non-hydrogen) atoms. The Morgan fingerprint density at radius 2 is 1.86 bits per heavy atom. The van der Waals surface area contributed by atoms with Crippen molar-refractivity contribution in [2.45, 2.75) is 6.92 Å². The minimum atomic E-state index is -0.183. The summed E-state index contributed by atoms with van der Waals surface area (Å²) in [4.78, 5) is 15.7. The zero-order chi connectivity index (χ0) is 15.0. The van der Waals surface area contributed by atoms with E-state index in [4.69, 9.17) is 27.6 Å². The molecule has 0 aliphatic carbocycles. The smallest absolute Gasteiger partial charge is 0.229 e. The highest BCUT2D eigenvalue weighted by Gasteiger charge is 2.14. The first-order valence-electron chi connectivity index (χ1n) is 6.16. The van der Waals surface area contributed by atoms with Gasteiger partial charge in [0.05, 0.1) is 11.3 Å². The van der Waals surface area contributed by atoms with Gasteiger partial charge in [0.2, 0.25) is 11.8 Å². The molecule has 0 aliphatic heterocycles. The van der Waals surface area contributed by atoms with E-state index in [0.717, 1.165) is 0 Å². The van der Waals surface area contributed by atoms with E-state index in [0.29, 0.717) is 38.3 Å². The lowest BCUT2D eigenvalue weighted by molar-refractivity contribution is -0.114. The topological polar surface area (TPSA) is 55.1 Å². The third-order valence-electron chi connectivity index (χ3n) is 2.87. The molecule has 0 aliphatic rings.